The van der Waals surface area contributed by atoms with Crippen molar-refractivity contribution in [2.45, 2.75) is 25.8 Å². The highest BCUT2D eigenvalue weighted by atomic mass is 16.5. The van der Waals surface area contributed by atoms with Crippen LogP contribution in [0.25, 0.3) is 0 Å². The summed E-state index contributed by atoms with van der Waals surface area (Å²) >= 11 is 0. The summed E-state index contributed by atoms with van der Waals surface area (Å²) in [6.45, 7) is 6.16. The number of nitrogens with one attached hydrogen (secondary N) is 1. The largest absolute Gasteiger partial charge is 0.481 e. The van der Waals surface area contributed by atoms with Crippen LogP contribution in [0.1, 0.15) is 31.4 Å². The fourth-order valence-corrected chi connectivity index (χ4v) is 1.64. The van der Waals surface area contributed by atoms with Gasteiger partial charge >= 0.3 is 0 Å². The Morgan fingerprint density at radius 1 is 1.62 bits per heavy atom. The molecular weight excluding hydrogens is 200 g/mol. The third-order valence-corrected chi connectivity index (χ3v) is 2.71. The first-order chi connectivity index (χ1) is 7.72. The van der Waals surface area contributed by atoms with Gasteiger partial charge in [-0.1, -0.05) is 25.1 Å². The maximum atomic E-state index is 5.26. The van der Waals surface area contributed by atoms with Gasteiger partial charge in [-0.3, -0.25) is 0 Å². The Labute approximate surface area is 97.5 Å². The molecule has 0 bridgehead atoms. The molecule has 1 atom stereocenters. The molecule has 0 saturated carbocycles. The van der Waals surface area contributed by atoms with Gasteiger partial charge in [0.25, 0.3) is 0 Å². The van der Waals surface area contributed by atoms with Crippen LogP contribution in [0.15, 0.2) is 30.5 Å². The third kappa shape index (κ3) is 3.07. The van der Waals surface area contributed by atoms with Crippen LogP contribution in [-0.4, -0.2) is 19.1 Å². The number of nitrogens with zero attached hydrogens (tertiary/aromatic N) is 1. The van der Waals surface area contributed by atoms with Crippen molar-refractivity contribution >= 4 is 0 Å². The van der Waals surface area contributed by atoms with Crippen LogP contribution in [0.3, 0.4) is 0 Å². The Morgan fingerprint density at radius 3 is 2.94 bits per heavy atom. The standard InChI is InChI=1S/C13H20N2O/c1-5-10(2)9-12(14-3)11-7-6-8-15-13(11)16-4/h6-8,12,14H,2,5,9H2,1,3-4H3. The molecule has 0 aromatic carbocycles. The minimum atomic E-state index is 0.219. The molecule has 1 aromatic rings. The van der Waals surface area contributed by atoms with Crippen molar-refractivity contribution in [1.29, 1.82) is 0 Å². The first-order valence-corrected chi connectivity index (χ1v) is 5.55. The van der Waals surface area contributed by atoms with Gasteiger partial charge in [0.2, 0.25) is 5.88 Å². The van der Waals surface area contributed by atoms with E-state index in [1.165, 1.54) is 5.57 Å². The Kier molecular flexibility index (Phi) is 4.99. The predicted octanol–water partition coefficient (Wildman–Crippen LogP) is 2.71. The minimum Gasteiger partial charge on any atom is -0.481 e. The number of hydrogen-bond donors (Lipinski definition) is 1. The summed E-state index contributed by atoms with van der Waals surface area (Å²) in [5, 5.41) is 3.28. The van der Waals surface area contributed by atoms with Crippen molar-refractivity contribution in [3.8, 4) is 5.88 Å². The zero-order valence-corrected chi connectivity index (χ0v) is 10.3. The average Bonchev–Trinajstić information content (AvgIpc) is 2.35. The van der Waals surface area contributed by atoms with Gasteiger partial charge in [-0.25, -0.2) is 4.98 Å². The fraction of sp³-hybridized carbons (Fsp3) is 0.462. The molecule has 1 N–H and O–H groups in total. The molecule has 1 rings (SSSR count). The van der Waals surface area contributed by atoms with Gasteiger partial charge in [0.05, 0.1) is 7.11 Å². The number of pyridine rings is 1. The Bertz CT molecular complexity index is 350. The third-order valence-electron chi connectivity index (χ3n) is 2.71. The van der Waals surface area contributed by atoms with Gasteiger partial charge in [-0.05, 0) is 26.0 Å². The quantitative estimate of drug-likeness (QED) is 0.748. The molecule has 0 aliphatic carbocycles. The lowest BCUT2D eigenvalue weighted by Crippen LogP contribution is -2.18. The summed E-state index contributed by atoms with van der Waals surface area (Å²) in [4.78, 5) is 4.21. The van der Waals surface area contributed by atoms with Crippen LogP contribution in [0.2, 0.25) is 0 Å². The monoisotopic (exact) mass is 220 g/mol. The van der Waals surface area contributed by atoms with Crippen LogP contribution in [-0.2, 0) is 0 Å². The van der Waals surface area contributed by atoms with E-state index in [2.05, 4.69) is 23.8 Å². The molecule has 0 aliphatic rings. The van der Waals surface area contributed by atoms with E-state index in [4.69, 9.17) is 4.74 Å². The molecule has 1 heterocycles. The molecule has 1 aromatic heterocycles. The summed E-state index contributed by atoms with van der Waals surface area (Å²) in [5.74, 6) is 0.686. The van der Waals surface area contributed by atoms with E-state index in [0.717, 1.165) is 18.4 Å². The van der Waals surface area contributed by atoms with Crippen LogP contribution in [0.4, 0.5) is 0 Å². The minimum absolute atomic E-state index is 0.219. The number of hydrogen-bond acceptors (Lipinski definition) is 3. The second-order valence-corrected chi connectivity index (χ2v) is 3.75. The second-order valence-electron chi connectivity index (χ2n) is 3.75. The van der Waals surface area contributed by atoms with Gasteiger partial charge in [0.15, 0.2) is 0 Å². The number of methoxy groups -OCH3 is 1. The number of aromatic nitrogens is 1. The summed E-state index contributed by atoms with van der Waals surface area (Å²) in [5.41, 5.74) is 2.31. The molecular formula is C13H20N2O. The van der Waals surface area contributed by atoms with E-state index < -0.39 is 0 Å². The van der Waals surface area contributed by atoms with E-state index in [1.807, 2.05) is 19.2 Å². The summed E-state index contributed by atoms with van der Waals surface area (Å²) in [6.07, 6.45) is 3.65. The zero-order valence-electron chi connectivity index (χ0n) is 10.3. The Morgan fingerprint density at radius 2 is 2.38 bits per heavy atom. The van der Waals surface area contributed by atoms with E-state index >= 15 is 0 Å². The number of rotatable bonds is 6. The number of ether oxygens (including phenoxy) is 1. The summed E-state index contributed by atoms with van der Waals surface area (Å²) in [7, 11) is 3.59. The molecule has 3 nitrogen and oxygen atoms in total. The van der Waals surface area contributed by atoms with E-state index in [-0.39, 0.29) is 6.04 Å². The second kappa shape index (κ2) is 6.28. The van der Waals surface area contributed by atoms with Gasteiger partial charge in [0.1, 0.15) is 0 Å². The van der Waals surface area contributed by atoms with Gasteiger partial charge < -0.3 is 10.1 Å². The van der Waals surface area contributed by atoms with E-state index in [9.17, 15) is 0 Å². The zero-order chi connectivity index (χ0) is 12.0. The average molecular weight is 220 g/mol. The Hall–Kier alpha value is -1.35. The molecule has 1 unspecified atom stereocenters. The van der Waals surface area contributed by atoms with Crippen molar-refractivity contribution in [3.05, 3.63) is 36.0 Å². The first-order valence-electron chi connectivity index (χ1n) is 5.55. The van der Waals surface area contributed by atoms with Gasteiger partial charge in [0, 0.05) is 17.8 Å². The normalized spacial score (nSPS) is 12.2. The van der Waals surface area contributed by atoms with E-state index in [0.29, 0.717) is 5.88 Å². The van der Waals surface area contributed by atoms with E-state index in [1.54, 1.807) is 13.3 Å². The molecule has 0 fully saturated rings. The summed E-state index contributed by atoms with van der Waals surface area (Å²) < 4.78 is 5.26. The molecule has 0 saturated heterocycles. The maximum Gasteiger partial charge on any atom is 0.217 e. The smallest absolute Gasteiger partial charge is 0.217 e. The lowest BCUT2D eigenvalue weighted by molar-refractivity contribution is 0.384. The maximum absolute atomic E-state index is 5.26. The van der Waals surface area contributed by atoms with Gasteiger partial charge in [-0.15, -0.1) is 0 Å². The lowest BCUT2D eigenvalue weighted by Gasteiger charge is -2.19. The fourth-order valence-electron chi connectivity index (χ4n) is 1.64. The predicted molar refractivity (Wildman–Crippen MR) is 66.6 cm³/mol. The Balaban J connectivity index is 2.89. The highest BCUT2D eigenvalue weighted by molar-refractivity contribution is 5.29. The van der Waals surface area contributed by atoms with Crippen molar-refractivity contribution in [2.24, 2.45) is 0 Å². The van der Waals surface area contributed by atoms with Crippen molar-refractivity contribution < 1.29 is 4.74 Å². The molecule has 0 aliphatic heterocycles. The van der Waals surface area contributed by atoms with Crippen LogP contribution in [0, 0.1) is 0 Å². The molecule has 0 radical (unpaired) electrons. The molecule has 0 amide bonds. The first kappa shape index (κ1) is 12.7. The lowest BCUT2D eigenvalue weighted by atomic mass is 9.99. The molecule has 3 heteroatoms. The molecule has 0 spiro atoms. The van der Waals surface area contributed by atoms with Crippen molar-refractivity contribution in [3.63, 3.8) is 0 Å². The topological polar surface area (TPSA) is 34.2 Å². The molecule has 16 heavy (non-hydrogen) atoms. The highest BCUT2D eigenvalue weighted by Gasteiger charge is 2.15. The molecule has 88 valence electrons. The summed E-state index contributed by atoms with van der Waals surface area (Å²) in [6, 6.07) is 4.18. The SMILES string of the molecule is C=C(CC)CC(NC)c1cccnc1OC. The van der Waals surface area contributed by atoms with Crippen molar-refractivity contribution in [2.75, 3.05) is 14.2 Å². The van der Waals surface area contributed by atoms with Gasteiger partial charge in [-0.2, -0.15) is 0 Å². The van der Waals surface area contributed by atoms with Crippen LogP contribution < -0.4 is 10.1 Å². The van der Waals surface area contributed by atoms with Crippen LogP contribution in [0.5, 0.6) is 5.88 Å². The van der Waals surface area contributed by atoms with Crippen molar-refractivity contribution in [1.82, 2.24) is 10.3 Å². The van der Waals surface area contributed by atoms with Crippen LogP contribution >= 0.6 is 0 Å². The highest BCUT2D eigenvalue weighted by Crippen LogP contribution is 2.27.